The highest BCUT2D eigenvalue weighted by molar-refractivity contribution is 5.65. The third kappa shape index (κ3) is 5.46. The Hall–Kier alpha value is -2.07. The smallest absolute Gasteiger partial charge is 0.127 e. The van der Waals surface area contributed by atoms with E-state index in [0.717, 1.165) is 47.4 Å². The first-order chi connectivity index (χ1) is 13.2. The molecule has 0 radical (unpaired) electrons. The van der Waals surface area contributed by atoms with Crippen LogP contribution in [0.1, 0.15) is 69.9 Å². The van der Waals surface area contributed by atoms with Gasteiger partial charge in [0.2, 0.25) is 0 Å². The number of unbranched alkanes of at least 4 members (excludes halogenated alkanes) is 1. The first-order valence-electron chi connectivity index (χ1n) is 10.6. The lowest BCUT2D eigenvalue weighted by Gasteiger charge is -2.24. The standard InChI is InChI=1S/C26H31F/c1-3-5-6-24-17-18-25(19-26(24)27)23-15-13-22(14-16-23)12-11-21-9-7-20(4-2)8-10-21/h13-21H,3-10H2,1-2H3/t20-,21-. The average Bonchev–Trinajstić information content (AvgIpc) is 2.72. The van der Waals surface area contributed by atoms with Crippen molar-refractivity contribution >= 4 is 0 Å². The largest absolute Gasteiger partial charge is 0.207 e. The van der Waals surface area contributed by atoms with Crippen LogP contribution in [-0.4, -0.2) is 0 Å². The van der Waals surface area contributed by atoms with Gasteiger partial charge < -0.3 is 0 Å². The Balaban J connectivity index is 1.64. The average molecular weight is 363 g/mol. The van der Waals surface area contributed by atoms with Gasteiger partial charge in [-0.1, -0.05) is 62.8 Å². The second kappa shape index (κ2) is 9.75. The van der Waals surface area contributed by atoms with Gasteiger partial charge in [0.1, 0.15) is 5.82 Å². The Kier molecular flexibility index (Phi) is 7.11. The van der Waals surface area contributed by atoms with Crippen LogP contribution in [0.3, 0.4) is 0 Å². The van der Waals surface area contributed by atoms with Gasteiger partial charge in [-0.25, -0.2) is 4.39 Å². The monoisotopic (exact) mass is 362 g/mol. The Labute approximate surface area is 164 Å². The molecule has 1 saturated carbocycles. The Morgan fingerprint density at radius 3 is 2.26 bits per heavy atom. The molecule has 0 aliphatic heterocycles. The van der Waals surface area contributed by atoms with Gasteiger partial charge in [-0.2, -0.15) is 0 Å². The van der Waals surface area contributed by atoms with Crippen LogP contribution < -0.4 is 0 Å². The number of halogens is 1. The fourth-order valence-electron chi connectivity index (χ4n) is 3.94. The predicted octanol–water partition coefficient (Wildman–Crippen LogP) is 7.40. The Bertz CT molecular complexity index is 783. The van der Waals surface area contributed by atoms with Crippen LogP contribution in [0.2, 0.25) is 0 Å². The molecule has 142 valence electrons. The predicted molar refractivity (Wildman–Crippen MR) is 113 cm³/mol. The number of benzene rings is 2. The van der Waals surface area contributed by atoms with Crippen LogP contribution >= 0.6 is 0 Å². The van der Waals surface area contributed by atoms with Crippen molar-refractivity contribution in [1.29, 1.82) is 0 Å². The molecule has 27 heavy (non-hydrogen) atoms. The second-order valence-corrected chi connectivity index (χ2v) is 7.88. The van der Waals surface area contributed by atoms with E-state index in [1.807, 2.05) is 12.1 Å². The maximum absolute atomic E-state index is 14.3. The molecule has 2 aromatic rings. The summed E-state index contributed by atoms with van der Waals surface area (Å²) in [6.07, 6.45) is 9.39. The summed E-state index contributed by atoms with van der Waals surface area (Å²) in [7, 11) is 0. The summed E-state index contributed by atoms with van der Waals surface area (Å²) in [4.78, 5) is 0. The quantitative estimate of drug-likeness (QED) is 0.486. The minimum Gasteiger partial charge on any atom is -0.207 e. The van der Waals surface area contributed by atoms with E-state index in [2.05, 4.69) is 50.0 Å². The third-order valence-corrected chi connectivity index (χ3v) is 5.92. The van der Waals surface area contributed by atoms with Crippen molar-refractivity contribution in [3.05, 3.63) is 59.4 Å². The molecule has 3 rings (SSSR count). The van der Waals surface area contributed by atoms with E-state index in [-0.39, 0.29) is 5.82 Å². The molecule has 0 amide bonds. The topological polar surface area (TPSA) is 0 Å². The molecule has 0 heterocycles. The van der Waals surface area contributed by atoms with Crippen molar-refractivity contribution in [2.45, 2.75) is 65.2 Å². The van der Waals surface area contributed by atoms with Crippen molar-refractivity contribution in [3.8, 4) is 23.0 Å². The van der Waals surface area contributed by atoms with Gasteiger partial charge in [0, 0.05) is 11.5 Å². The van der Waals surface area contributed by atoms with Gasteiger partial charge in [-0.3, -0.25) is 0 Å². The summed E-state index contributed by atoms with van der Waals surface area (Å²) in [5, 5.41) is 0. The highest BCUT2D eigenvalue weighted by Gasteiger charge is 2.18. The Morgan fingerprint density at radius 2 is 1.63 bits per heavy atom. The van der Waals surface area contributed by atoms with E-state index in [1.165, 1.54) is 32.1 Å². The lowest BCUT2D eigenvalue weighted by atomic mass is 9.81. The van der Waals surface area contributed by atoms with Crippen molar-refractivity contribution in [2.75, 3.05) is 0 Å². The van der Waals surface area contributed by atoms with E-state index in [4.69, 9.17) is 0 Å². The van der Waals surface area contributed by atoms with Crippen LogP contribution in [-0.2, 0) is 6.42 Å². The molecule has 0 aromatic heterocycles. The summed E-state index contributed by atoms with van der Waals surface area (Å²) in [6.45, 7) is 4.43. The Morgan fingerprint density at radius 1 is 0.926 bits per heavy atom. The summed E-state index contributed by atoms with van der Waals surface area (Å²) in [5.74, 6) is 8.19. The number of rotatable bonds is 5. The highest BCUT2D eigenvalue weighted by atomic mass is 19.1. The zero-order valence-corrected chi connectivity index (χ0v) is 16.7. The van der Waals surface area contributed by atoms with E-state index in [0.29, 0.717) is 5.92 Å². The molecular weight excluding hydrogens is 331 g/mol. The van der Waals surface area contributed by atoms with Crippen LogP contribution in [0.5, 0.6) is 0 Å². The molecule has 0 saturated heterocycles. The van der Waals surface area contributed by atoms with Gasteiger partial charge >= 0.3 is 0 Å². The van der Waals surface area contributed by atoms with Crippen molar-refractivity contribution in [3.63, 3.8) is 0 Å². The van der Waals surface area contributed by atoms with Gasteiger partial charge in [0.15, 0.2) is 0 Å². The molecule has 1 fully saturated rings. The fourth-order valence-corrected chi connectivity index (χ4v) is 3.94. The molecule has 2 aromatic carbocycles. The van der Waals surface area contributed by atoms with Crippen LogP contribution in [0.25, 0.3) is 11.1 Å². The molecule has 0 N–H and O–H groups in total. The first-order valence-corrected chi connectivity index (χ1v) is 10.6. The summed E-state index contributed by atoms with van der Waals surface area (Å²) in [5.41, 5.74) is 3.85. The van der Waals surface area contributed by atoms with Crippen molar-refractivity contribution < 1.29 is 4.39 Å². The van der Waals surface area contributed by atoms with Gasteiger partial charge in [0.05, 0.1) is 0 Å². The molecule has 0 nitrogen and oxygen atoms in total. The lowest BCUT2D eigenvalue weighted by Crippen LogP contribution is -2.12. The molecule has 0 atom stereocenters. The maximum Gasteiger partial charge on any atom is 0.127 e. The van der Waals surface area contributed by atoms with Crippen LogP contribution in [0.4, 0.5) is 4.39 Å². The number of hydrogen-bond donors (Lipinski definition) is 0. The molecule has 0 spiro atoms. The highest BCUT2D eigenvalue weighted by Crippen LogP contribution is 2.30. The van der Waals surface area contributed by atoms with Gasteiger partial charge in [-0.15, -0.1) is 0 Å². The van der Waals surface area contributed by atoms with Crippen molar-refractivity contribution in [2.24, 2.45) is 11.8 Å². The van der Waals surface area contributed by atoms with Gasteiger partial charge in [0.25, 0.3) is 0 Å². The van der Waals surface area contributed by atoms with Crippen LogP contribution in [0.15, 0.2) is 42.5 Å². The summed E-state index contributed by atoms with van der Waals surface area (Å²) < 4.78 is 14.3. The molecule has 1 aliphatic rings. The molecule has 1 heteroatoms. The first kappa shape index (κ1) is 19.7. The summed E-state index contributed by atoms with van der Waals surface area (Å²) >= 11 is 0. The SMILES string of the molecule is CCCCc1ccc(-c2ccc(C#C[C@H]3CC[C@H](CC)CC3)cc2)cc1F. The zero-order valence-electron chi connectivity index (χ0n) is 16.7. The molecular formula is C26H31F. The normalized spacial score (nSPS) is 19.4. The second-order valence-electron chi connectivity index (χ2n) is 7.88. The maximum atomic E-state index is 14.3. The molecule has 0 bridgehead atoms. The number of hydrogen-bond acceptors (Lipinski definition) is 0. The fraction of sp³-hybridized carbons (Fsp3) is 0.462. The molecule has 1 aliphatic carbocycles. The number of aryl methyl sites for hydroxylation is 1. The van der Waals surface area contributed by atoms with E-state index < -0.39 is 0 Å². The van der Waals surface area contributed by atoms with Crippen molar-refractivity contribution in [1.82, 2.24) is 0 Å². The lowest BCUT2D eigenvalue weighted by molar-refractivity contribution is 0.309. The zero-order chi connectivity index (χ0) is 19.1. The van der Waals surface area contributed by atoms with E-state index >= 15 is 0 Å². The molecule has 0 unspecified atom stereocenters. The van der Waals surface area contributed by atoms with E-state index in [9.17, 15) is 4.39 Å². The third-order valence-electron chi connectivity index (χ3n) is 5.92. The minimum absolute atomic E-state index is 0.0903. The van der Waals surface area contributed by atoms with E-state index in [1.54, 1.807) is 6.07 Å². The minimum atomic E-state index is -0.0903. The van der Waals surface area contributed by atoms with Gasteiger partial charge in [-0.05, 0) is 79.3 Å². The summed E-state index contributed by atoms with van der Waals surface area (Å²) in [6, 6.07) is 13.8. The van der Waals surface area contributed by atoms with Crippen LogP contribution in [0, 0.1) is 29.5 Å².